The average molecular weight is 417 g/mol. The second-order valence-corrected chi connectivity index (χ2v) is 7.48. The third-order valence-corrected chi connectivity index (χ3v) is 5.11. The molecule has 158 valence electrons. The molecule has 0 radical (unpaired) electrons. The summed E-state index contributed by atoms with van der Waals surface area (Å²) in [6, 6.07) is 15.9. The minimum atomic E-state index is -0.712. The molecule has 7 nitrogen and oxygen atoms in total. The standard InChI is InChI=1S/C24H23N3O4/c1-15-8-9-16(2)21(12-15)30-22-11-10-18(13-25-22)14-26-23(28)17(3)27-19-6-4-5-7-20(19)31-24(27)29/h4-13,17H,14H2,1-3H3,(H,26,28). The van der Waals surface area contributed by atoms with Crippen molar-refractivity contribution in [2.24, 2.45) is 0 Å². The molecule has 4 rings (SSSR count). The van der Waals surface area contributed by atoms with Gasteiger partial charge in [-0.25, -0.2) is 9.78 Å². The van der Waals surface area contributed by atoms with Crippen molar-refractivity contribution >= 4 is 17.0 Å². The minimum absolute atomic E-state index is 0.282. The number of carbonyl (C=O) groups excluding carboxylic acids is 1. The van der Waals surface area contributed by atoms with Crippen molar-refractivity contribution in [2.45, 2.75) is 33.4 Å². The van der Waals surface area contributed by atoms with Crippen LogP contribution in [-0.2, 0) is 11.3 Å². The Kier molecular flexibility index (Phi) is 5.58. The topological polar surface area (TPSA) is 86.4 Å². The number of benzene rings is 2. The molecule has 7 heteroatoms. The van der Waals surface area contributed by atoms with Gasteiger partial charge in [-0.1, -0.05) is 30.3 Å². The van der Waals surface area contributed by atoms with E-state index in [2.05, 4.69) is 10.3 Å². The van der Waals surface area contributed by atoms with Crippen molar-refractivity contribution in [2.75, 3.05) is 0 Å². The third kappa shape index (κ3) is 4.35. The Balaban J connectivity index is 1.41. The fourth-order valence-corrected chi connectivity index (χ4v) is 3.31. The van der Waals surface area contributed by atoms with Crippen LogP contribution in [0.15, 0.2) is 70.0 Å². The summed E-state index contributed by atoms with van der Waals surface area (Å²) < 4.78 is 12.4. The van der Waals surface area contributed by atoms with Gasteiger partial charge < -0.3 is 14.5 Å². The SMILES string of the molecule is Cc1ccc(C)c(Oc2ccc(CNC(=O)C(C)n3c(=O)oc4ccccc43)cn2)c1. The highest BCUT2D eigenvalue weighted by Crippen LogP contribution is 2.24. The number of ether oxygens (including phenoxy) is 1. The van der Waals surface area contributed by atoms with Gasteiger partial charge in [0.2, 0.25) is 11.8 Å². The molecule has 0 saturated heterocycles. The van der Waals surface area contributed by atoms with Crippen LogP contribution in [0.4, 0.5) is 0 Å². The first-order valence-corrected chi connectivity index (χ1v) is 10.00. The van der Waals surface area contributed by atoms with Crippen LogP contribution in [0.5, 0.6) is 11.6 Å². The van der Waals surface area contributed by atoms with Crippen LogP contribution in [0, 0.1) is 13.8 Å². The molecule has 4 aromatic rings. The molecular formula is C24H23N3O4. The molecule has 31 heavy (non-hydrogen) atoms. The number of oxazole rings is 1. The minimum Gasteiger partial charge on any atom is -0.439 e. The molecule has 2 heterocycles. The number of fused-ring (bicyclic) bond motifs is 1. The number of aryl methyl sites for hydroxylation is 2. The second-order valence-electron chi connectivity index (χ2n) is 7.48. The Morgan fingerprint density at radius 3 is 2.74 bits per heavy atom. The van der Waals surface area contributed by atoms with E-state index in [-0.39, 0.29) is 12.5 Å². The van der Waals surface area contributed by atoms with E-state index in [1.807, 2.05) is 38.1 Å². The fraction of sp³-hybridized carbons (Fsp3) is 0.208. The Bertz CT molecular complexity index is 1290. The molecule has 0 spiro atoms. The number of nitrogens with zero attached hydrogens (tertiary/aromatic N) is 2. The predicted molar refractivity (Wildman–Crippen MR) is 117 cm³/mol. The van der Waals surface area contributed by atoms with Crippen LogP contribution >= 0.6 is 0 Å². The first kappa shape index (κ1) is 20.4. The van der Waals surface area contributed by atoms with Gasteiger partial charge >= 0.3 is 5.76 Å². The molecule has 1 atom stereocenters. The van der Waals surface area contributed by atoms with Crippen LogP contribution in [0.1, 0.15) is 29.7 Å². The normalized spacial score (nSPS) is 12.0. The molecule has 0 aliphatic heterocycles. The van der Waals surface area contributed by atoms with Crippen molar-refractivity contribution in [3.63, 3.8) is 0 Å². The van der Waals surface area contributed by atoms with E-state index in [4.69, 9.17) is 9.15 Å². The van der Waals surface area contributed by atoms with Crippen molar-refractivity contribution in [1.82, 2.24) is 14.9 Å². The second kappa shape index (κ2) is 8.47. The molecule has 0 aliphatic carbocycles. The molecule has 2 aromatic heterocycles. The maximum absolute atomic E-state index is 12.6. The largest absolute Gasteiger partial charge is 0.439 e. The van der Waals surface area contributed by atoms with Crippen molar-refractivity contribution in [3.8, 4) is 11.6 Å². The summed E-state index contributed by atoms with van der Waals surface area (Å²) >= 11 is 0. The van der Waals surface area contributed by atoms with Crippen molar-refractivity contribution in [3.05, 3.63) is 88.0 Å². The fourth-order valence-electron chi connectivity index (χ4n) is 3.31. The first-order chi connectivity index (χ1) is 14.9. The highest BCUT2D eigenvalue weighted by molar-refractivity contribution is 5.82. The Morgan fingerprint density at radius 1 is 1.16 bits per heavy atom. The van der Waals surface area contributed by atoms with E-state index in [1.165, 1.54) is 4.57 Å². The molecule has 0 fully saturated rings. The number of aromatic nitrogens is 2. The number of nitrogens with one attached hydrogen (secondary N) is 1. The number of hydrogen-bond donors (Lipinski definition) is 1. The predicted octanol–water partition coefficient (Wildman–Crippen LogP) is 4.28. The number of pyridine rings is 1. The van der Waals surface area contributed by atoms with Crippen molar-refractivity contribution in [1.29, 1.82) is 0 Å². The maximum atomic E-state index is 12.6. The summed E-state index contributed by atoms with van der Waals surface area (Å²) in [6.45, 7) is 5.93. The van der Waals surface area contributed by atoms with Gasteiger partial charge in [-0.3, -0.25) is 9.36 Å². The van der Waals surface area contributed by atoms with Crippen LogP contribution in [0.2, 0.25) is 0 Å². The average Bonchev–Trinajstić information content (AvgIpc) is 3.10. The molecule has 1 N–H and O–H groups in total. The summed E-state index contributed by atoms with van der Waals surface area (Å²) in [5.41, 5.74) is 4.00. The smallest absolute Gasteiger partial charge is 0.420 e. The summed E-state index contributed by atoms with van der Waals surface area (Å²) in [7, 11) is 0. The van der Waals surface area contributed by atoms with Crippen LogP contribution in [-0.4, -0.2) is 15.5 Å². The molecule has 0 aliphatic rings. The Labute approximate surface area is 179 Å². The number of para-hydroxylation sites is 2. The Hall–Kier alpha value is -3.87. The summed E-state index contributed by atoms with van der Waals surface area (Å²) in [4.78, 5) is 29.1. The lowest BCUT2D eigenvalue weighted by atomic mass is 10.1. The van der Waals surface area contributed by atoms with E-state index < -0.39 is 11.8 Å². The van der Waals surface area contributed by atoms with Crippen LogP contribution < -0.4 is 15.8 Å². The summed E-state index contributed by atoms with van der Waals surface area (Å²) in [5.74, 6) is 0.400. The first-order valence-electron chi connectivity index (χ1n) is 10.00. The van der Waals surface area contributed by atoms with E-state index in [0.29, 0.717) is 17.0 Å². The van der Waals surface area contributed by atoms with Gasteiger partial charge in [0.15, 0.2) is 5.58 Å². The third-order valence-electron chi connectivity index (χ3n) is 5.11. The van der Waals surface area contributed by atoms with Gasteiger partial charge in [0.05, 0.1) is 5.52 Å². The lowest BCUT2D eigenvalue weighted by Gasteiger charge is -2.13. The van der Waals surface area contributed by atoms with Crippen molar-refractivity contribution < 1.29 is 13.9 Å². The van der Waals surface area contributed by atoms with E-state index >= 15 is 0 Å². The zero-order valence-electron chi connectivity index (χ0n) is 17.6. The van der Waals surface area contributed by atoms with E-state index in [9.17, 15) is 9.59 Å². The van der Waals surface area contributed by atoms with E-state index in [1.54, 1.807) is 43.5 Å². The highest BCUT2D eigenvalue weighted by Gasteiger charge is 2.21. The summed E-state index contributed by atoms with van der Waals surface area (Å²) in [5, 5.41) is 2.84. The number of rotatable bonds is 6. The van der Waals surface area contributed by atoms with Crippen LogP contribution in [0.25, 0.3) is 11.1 Å². The maximum Gasteiger partial charge on any atom is 0.420 e. The molecule has 1 amide bonds. The molecule has 1 unspecified atom stereocenters. The van der Waals surface area contributed by atoms with Crippen LogP contribution in [0.3, 0.4) is 0 Å². The zero-order chi connectivity index (χ0) is 22.0. The van der Waals surface area contributed by atoms with Gasteiger partial charge in [-0.15, -0.1) is 0 Å². The molecule has 0 bridgehead atoms. The van der Waals surface area contributed by atoms with Gasteiger partial charge in [0, 0.05) is 18.8 Å². The summed E-state index contributed by atoms with van der Waals surface area (Å²) in [6.07, 6.45) is 1.66. The number of hydrogen-bond acceptors (Lipinski definition) is 5. The number of carbonyl (C=O) groups is 1. The molecular weight excluding hydrogens is 394 g/mol. The van der Waals surface area contributed by atoms with Gasteiger partial charge in [-0.2, -0.15) is 0 Å². The molecule has 0 saturated carbocycles. The number of amides is 1. The highest BCUT2D eigenvalue weighted by atomic mass is 16.5. The Morgan fingerprint density at radius 2 is 1.97 bits per heavy atom. The zero-order valence-corrected chi connectivity index (χ0v) is 17.6. The van der Waals surface area contributed by atoms with E-state index in [0.717, 1.165) is 22.4 Å². The lowest BCUT2D eigenvalue weighted by Crippen LogP contribution is -2.34. The quantitative estimate of drug-likeness (QED) is 0.506. The van der Waals surface area contributed by atoms with Gasteiger partial charge in [0.1, 0.15) is 11.8 Å². The monoisotopic (exact) mass is 417 g/mol. The molecule has 2 aromatic carbocycles. The van der Waals surface area contributed by atoms with Gasteiger partial charge in [-0.05, 0) is 55.7 Å². The lowest BCUT2D eigenvalue weighted by molar-refractivity contribution is -0.124. The van der Waals surface area contributed by atoms with Gasteiger partial charge in [0.25, 0.3) is 0 Å².